The molecule has 148 valence electrons. The van der Waals surface area contributed by atoms with Gasteiger partial charge in [-0.05, 0) is 38.0 Å². The second-order valence-electron chi connectivity index (χ2n) is 7.31. The van der Waals surface area contributed by atoms with Gasteiger partial charge in [0.15, 0.2) is 12.3 Å². The number of aromatic nitrogens is 2. The molecule has 1 aliphatic heterocycles. The van der Waals surface area contributed by atoms with E-state index in [4.69, 9.17) is 10.1 Å². The number of anilines is 2. The Morgan fingerprint density at radius 2 is 2.07 bits per heavy atom. The highest BCUT2D eigenvalue weighted by Crippen LogP contribution is 2.40. The van der Waals surface area contributed by atoms with Crippen LogP contribution in [-0.4, -0.2) is 47.5 Å². The molecular weight excluding hydrogens is 379 g/mol. The molecule has 1 saturated heterocycles. The molecule has 0 unspecified atom stereocenters. The third-order valence-electron chi connectivity index (χ3n) is 5.08. The second-order valence-corrected chi connectivity index (χ2v) is 7.67. The van der Waals surface area contributed by atoms with Gasteiger partial charge in [0.1, 0.15) is 23.5 Å². The Bertz CT molecular complexity index is 869. The van der Waals surface area contributed by atoms with Gasteiger partial charge in [0.2, 0.25) is 0 Å². The number of nitrogens with one attached hydrogen (secondary N) is 3. The van der Waals surface area contributed by atoms with E-state index in [9.17, 15) is 3.89 Å². The number of benzene rings is 1. The normalized spacial score (nSPS) is 17.9. The first-order valence-corrected chi connectivity index (χ1v) is 10.0. The summed E-state index contributed by atoms with van der Waals surface area (Å²) in [6.07, 6.45) is 3.50. The fourth-order valence-electron chi connectivity index (χ4n) is 3.18. The Labute approximate surface area is 168 Å². The molecule has 4 rings (SSSR count). The van der Waals surface area contributed by atoms with Gasteiger partial charge in [0, 0.05) is 37.8 Å². The van der Waals surface area contributed by atoms with E-state index in [-0.39, 0.29) is 23.6 Å². The summed E-state index contributed by atoms with van der Waals surface area (Å²) in [4.78, 5) is 10.8. The van der Waals surface area contributed by atoms with Crippen LogP contribution in [0.2, 0.25) is 0 Å². The number of hydrogen-bond acceptors (Lipinski definition) is 8. The Morgan fingerprint density at radius 1 is 1.29 bits per heavy atom. The quantitative estimate of drug-likeness (QED) is 0.484. The predicted octanol–water partition coefficient (Wildman–Crippen LogP) is 3.18. The van der Waals surface area contributed by atoms with Crippen LogP contribution < -0.4 is 19.7 Å². The third kappa shape index (κ3) is 4.20. The van der Waals surface area contributed by atoms with Crippen molar-refractivity contribution in [2.75, 3.05) is 35.8 Å². The van der Waals surface area contributed by atoms with E-state index in [0.717, 1.165) is 44.8 Å². The molecule has 0 atom stereocenters. The van der Waals surface area contributed by atoms with Gasteiger partial charge in [-0.15, -0.1) is 3.89 Å². The van der Waals surface area contributed by atoms with Crippen molar-refractivity contribution in [1.29, 1.82) is 5.41 Å². The summed E-state index contributed by atoms with van der Waals surface area (Å²) >= 11 is 0.00330. The van der Waals surface area contributed by atoms with Crippen LogP contribution in [0.4, 0.5) is 15.4 Å². The SMILES string of the molecule is CC1(Oc2ccc(NSF)c(C(=N)c3cc(N4CCNCC4)ncn3)c2)CC1. The molecule has 1 saturated carbocycles. The minimum Gasteiger partial charge on any atom is -0.488 e. The number of halogens is 1. The topological polar surface area (TPSA) is 86.2 Å². The van der Waals surface area contributed by atoms with Gasteiger partial charge in [0.25, 0.3) is 0 Å². The lowest BCUT2D eigenvalue weighted by atomic mass is 10.0. The lowest BCUT2D eigenvalue weighted by Gasteiger charge is -2.28. The Hall–Kier alpha value is -2.39. The maximum Gasteiger partial charge on any atom is 0.162 e. The number of rotatable bonds is 7. The molecule has 2 aliphatic rings. The Morgan fingerprint density at radius 3 is 2.79 bits per heavy atom. The minimum absolute atomic E-state index is 0.00330. The summed E-state index contributed by atoms with van der Waals surface area (Å²) in [5.74, 6) is 1.47. The van der Waals surface area contributed by atoms with E-state index in [2.05, 4.69) is 31.8 Å². The smallest absolute Gasteiger partial charge is 0.162 e. The number of hydrogen-bond donors (Lipinski definition) is 3. The van der Waals surface area contributed by atoms with Crippen molar-refractivity contribution in [2.24, 2.45) is 0 Å². The highest BCUT2D eigenvalue weighted by atomic mass is 32.2. The van der Waals surface area contributed by atoms with E-state index in [1.807, 2.05) is 6.07 Å². The van der Waals surface area contributed by atoms with E-state index < -0.39 is 0 Å². The first kappa shape index (κ1) is 18.9. The van der Waals surface area contributed by atoms with E-state index in [1.165, 1.54) is 6.33 Å². The fourth-order valence-corrected chi connectivity index (χ4v) is 3.44. The minimum atomic E-state index is -0.131. The van der Waals surface area contributed by atoms with Crippen LogP contribution in [0.1, 0.15) is 31.0 Å². The highest BCUT2D eigenvalue weighted by Gasteiger charge is 2.40. The van der Waals surface area contributed by atoms with Gasteiger partial charge in [-0.3, -0.25) is 5.41 Å². The van der Waals surface area contributed by atoms with Crippen LogP contribution in [-0.2, 0) is 0 Å². The van der Waals surface area contributed by atoms with E-state index in [1.54, 1.807) is 18.2 Å². The van der Waals surface area contributed by atoms with Gasteiger partial charge >= 0.3 is 0 Å². The van der Waals surface area contributed by atoms with Gasteiger partial charge in [-0.25, -0.2) is 9.97 Å². The summed E-state index contributed by atoms with van der Waals surface area (Å²) in [5, 5.41) is 12.0. The molecule has 0 amide bonds. The lowest BCUT2D eigenvalue weighted by molar-refractivity contribution is 0.200. The standard InChI is InChI=1S/C19H23FN6OS/c1-19(4-5-19)27-13-2-3-15(25-28-20)14(10-13)18(21)16-11-17(24-12-23-16)26-8-6-22-7-9-26/h2-3,10-12,21-22,25H,4-9H2,1H3. The molecule has 2 fully saturated rings. The highest BCUT2D eigenvalue weighted by molar-refractivity contribution is 7.95. The summed E-state index contributed by atoms with van der Waals surface area (Å²) in [6, 6.07) is 7.12. The van der Waals surface area contributed by atoms with Crippen molar-refractivity contribution >= 4 is 29.6 Å². The van der Waals surface area contributed by atoms with Gasteiger partial charge in [-0.1, -0.05) is 0 Å². The van der Waals surface area contributed by atoms with E-state index >= 15 is 0 Å². The number of ether oxygens (including phenoxy) is 1. The molecule has 0 bridgehead atoms. The average molecular weight is 402 g/mol. The van der Waals surface area contributed by atoms with E-state index in [0.29, 0.717) is 22.7 Å². The van der Waals surface area contributed by atoms with Crippen molar-refractivity contribution in [3.63, 3.8) is 0 Å². The molecule has 2 aromatic rings. The molecule has 2 heterocycles. The Kier molecular flexibility index (Phi) is 5.36. The first-order valence-electron chi connectivity index (χ1n) is 9.32. The van der Waals surface area contributed by atoms with Gasteiger partial charge in [0.05, 0.1) is 17.1 Å². The summed E-state index contributed by atoms with van der Waals surface area (Å²) < 4.78 is 21.5. The first-order chi connectivity index (χ1) is 13.6. The predicted molar refractivity (Wildman–Crippen MR) is 110 cm³/mol. The maximum absolute atomic E-state index is 12.9. The molecule has 9 heteroatoms. The zero-order chi connectivity index (χ0) is 19.6. The summed E-state index contributed by atoms with van der Waals surface area (Å²) in [6.45, 7) is 5.58. The van der Waals surface area contributed by atoms with Crippen molar-refractivity contribution in [1.82, 2.24) is 15.3 Å². The molecule has 28 heavy (non-hydrogen) atoms. The molecule has 7 nitrogen and oxygen atoms in total. The molecular formula is C19H23FN6OS. The average Bonchev–Trinajstić information content (AvgIpc) is 3.46. The molecule has 0 radical (unpaired) electrons. The zero-order valence-corrected chi connectivity index (χ0v) is 16.5. The van der Waals surface area contributed by atoms with Crippen LogP contribution in [0.15, 0.2) is 30.6 Å². The van der Waals surface area contributed by atoms with Crippen molar-refractivity contribution in [3.05, 3.63) is 41.9 Å². The van der Waals surface area contributed by atoms with Crippen LogP contribution in [0.25, 0.3) is 0 Å². The van der Waals surface area contributed by atoms with Crippen molar-refractivity contribution in [2.45, 2.75) is 25.4 Å². The van der Waals surface area contributed by atoms with Gasteiger partial charge < -0.3 is 19.7 Å². The summed E-state index contributed by atoms with van der Waals surface area (Å²) in [7, 11) is 0. The molecule has 1 aromatic heterocycles. The maximum atomic E-state index is 12.9. The zero-order valence-electron chi connectivity index (χ0n) is 15.7. The molecule has 0 spiro atoms. The molecule has 3 N–H and O–H groups in total. The molecule has 1 aromatic carbocycles. The van der Waals surface area contributed by atoms with Crippen molar-refractivity contribution < 1.29 is 8.62 Å². The van der Waals surface area contributed by atoms with Crippen LogP contribution in [0.5, 0.6) is 5.75 Å². The van der Waals surface area contributed by atoms with Crippen molar-refractivity contribution in [3.8, 4) is 5.75 Å². The van der Waals surface area contributed by atoms with Crippen LogP contribution in [0.3, 0.4) is 0 Å². The van der Waals surface area contributed by atoms with Gasteiger partial charge in [-0.2, -0.15) is 0 Å². The number of nitrogens with zero attached hydrogens (tertiary/aromatic N) is 3. The lowest BCUT2D eigenvalue weighted by Crippen LogP contribution is -2.44. The Balaban J connectivity index is 1.63. The number of piperazine rings is 1. The largest absolute Gasteiger partial charge is 0.488 e. The fraction of sp³-hybridized carbons (Fsp3) is 0.421. The third-order valence-corrected chi connectivity index (χ3v) is 5.37. The van der Waals surface area contributed by atoms with Crippen LogP contribution in [0, 0.1) is 5.41 Å². The second kappa shape index (κ2) is 7.92. The monoisotopic (exact) mass is 402 g/mol. The van der Waals surface area contributed by atoms with Crippen LogP contribution >= 0.6 is 12.3 Å². The molecule has 1 aliphatic carbocycles. The summed E-state index contributed by atoms with van der Waals surface area (Å²) in [5.41, 5.74) is 1.60.